The summed E-state index contributed by atoms with van der Waals surface area (Å²) >= 11 is 1.13. The summed E-state index contributed by atoms with van der Waals surface area (Å²) in [6.07, 6.45) is 2.21. The largest absolute Gasteiger partial charge is 0.497 e. The summed E-state index contributed by atoms with van der Waals surface area (Å²) in [6.45, 7) is 2.03. The summed E-state index contributed by atoms with van der Waals surface area (Å²) in [6, 6.07) is 20.9. The molecule has 35 heavy (non-hydrogen) atoms. The Balaban J connectivity index is 1.40. The van der Waals surface area contributed by atoms with E-state index in [0.29, 0.717) is 12.1 Å². The van der Waals surface area contributed by atoms with Crippen molar-refractivity contribution in [1.29, 1.82) is 0 Å². The van der Waals surface area contributed by atoms with Crippen molar-refractivity contribution in [2.24, 2.45) is 5.10 Å². The summed E-state index contributed by atoms with van der Waals surface area (Å²) in [5.41, 5.74) is 4.00. The van der Waals surface area contributed by atoms with Crippen molar-refractivity contribution in [2.45, 2.75) is 24.5 Å². The Labute approximate surface area is 206 Å². The fraction of sp³-hybridized carbons (Fsp3) is 0.192. The normalized spacial score (nSPS) is 15.3. The Morgan fingerprint density at radius 2 is 1.83 bits per heavy atom. The molecule has 1 amide bonds. The number of rotatable bonds is 6. The maximum Gasteiger partial charge on any atom is 0.355 e. The molecule has 1 unspecified atom stereocenters. The highest BCUT2D eigenvalue weighted by Gasteiger charge is 2.33. The molecule has 5 rings (SSSR count). The number of methoxy groups -OCH3 is 1. The lowest BCUT2D eigenvalue weighted by Crippen LogP contribution is -2.29. The number of carbonyl (C=O) groups excluding carboxylic acids is 1. The average Bonchev–Trinajstić information content (AvgIpc) is 3.33. The molecular formula is C26H23N5O3S. The Kier molecular flexibility index (Phi) is 6.33. The van der Waals surface area contributed by atoms with Gasteiger partial charge in [-0.2, -0.15) is 10.1 Å². The zero-order chi connectivity index (χ0) is 24.4. The third-order valence-electron chi connectivity index (χ3n) is 5.82. The third-order valence-corrected chi connectivity index (χ3v) is 6.65. The first-order valence-corrected chi connectivity index (χ1v) is 12.1. The number of ether oxygens (including phenoxy) is 1. The van der Waals surface area contributed by atoms with Crippen LogP contribution in [0.3, 0.4) is 0 Å². The molecule has 1 aliphatic rings. The molecule has 8 nitrogen and oxygen atoms in total. The fourth-order valence-electron chi connectivity index (χ4n) is 3.95. The molecule has 0 N–H and O–H groups in total. The zero-order valence-corrected chi connectivity index (χ0v) is 20.1. The van der Waals surface area contributed by atoms with Crippen LogP contribution in [-0.2, 0) is 4.79 Å². The number of nitrogens with zero attached hydrogens (tertiary/aromatic N) is 5. The monoisotopic (exact) mass is 485 g/mol. The Hall–Kier alpha value is -3.98. The predicted molar refractivity (Wildman–Crippen MR) is 135 cm³/mol. The fourth-order valence-corrected chi connectivity index (χ4v) is 4.63. The van der Waals surface area contributed by atoms with Crippen molar-refractivity contribution < 1.29 is 9.53 Å². The molecule has 1 aliphatic heterocycles. The van der Waals surface area contributed by atoms with Gasteiger partial charge < -0.3 is 4.74 Å². The van der Waals surface area contributed by atoms with Crippen molar-refractivity contribution >= 4 is 29.0 Å². The number of pyridine rings is 1. The van der Waals surface area contributed by atoms with Crippen LogP contribution in [0.2, 0.25) is 0 Å². The highest BCUT2D eigenvalue weighted by atomic mass is 32.2. The number of thioether (sulfide) groups is 1. The quantitative estimate of drug-likeness (QED) is 0.385. The molecule has 9 heteroatoms. The van der Waals surface area contributed by atoms with E-state index in [1.807, 2.05) is 55.5 Å². The molecule has 0 bridgehead atoms. The highest BCUT2D eigenvalue weighted by molar-refractivity contribution is 7.99. The molecular weight excluding hydrogens is 462 g/mol. The summed E-state index contributed by atoms with van der Waals surface area (Å²) in [7, 11) is 1.63. The van der Waals surface area contributed by atoms with Gasteiger partial charge in [-0.15, -0.1) is 0 Å². The van der Waals surface area contributed by atoms with Crippen LogP contribution in [0.15, 0.2) is 88.0 Å². The Morgan fingerprint density at radius 3 is 2.57 bits per heavy atom. The number of hydrazone groups is 1. The number of carbonyl (C=O) groups is 1. The van der Waals surface area contributed by atoms with E-state index < -0.39 is 5.69 Å². The van der Waals surface area contributed by atoms with Crippen molar-refractivity contribution in [3.63, 3.8) is 0 Å². The van der Waals surface area contributed by atoms with Crippen LogP contribution < -0.4 is 10.4 Å². The first-order valence-electron chi connectivity index (χ1n) is 11.1. The number of amides is 1. The second kappa shape index (κ2) is 9.71. The topological polar surface area (TPSA) is 89.2 Å². The molecule has 1 atom stereocenters. The predicted octanol–water partition coefficient (Wildman–Crippen LogP) is 3.88. The molecule has 0 spiro atoms. The van der Waals surface area contributed by atoms with Gasteiger partial charge in [0.05, 0.1) is 24.6 Å². The SMILES string of the molecule is COc1ccc(C2=NN(C(=O)CSc3nc(=O)n4ccccc4n3)C(c3ccc(C)cc3)C2)cc1. The molecule has 0 saturated carbocycles. The van der Waals surface area contributed by atoms with E-state index in [1.165, 1.54) is 4.40 Å². The van der Waals surface area contributed by atoms with Crippen LogP contribution >= 0.6 is 11.8 Å². The van der Waals surface area contributed by atoms with Gasteiger partial charge >= 0.3 is 5.69 Å². The minimum atomic E-state index is -0.427. The van der Waals surface area contributed by atoms with Crippen molar-refractivity contribution in [3.05, 3.63) is 100 Å². The van der Waals surface area contributed by atoms with Crippen LogP contribution in [0.5, 0.6) is 5.75 Å². The van der Waals surface area contributed by atoms with Gasteiger partial charge in [0.1, 0.15) is 11.4 Å². The second-order valence-corrected chi connectivity index (χ2v) is 9.09. The summed E-state index contributed by atoms with van der Waals surface area (Å²) in [5.74, 6) is 0.642. The smallest absolute Gasteiger partial charge is 0.355 e. The molecule has 0 fully saturated rings. The molecule has 0 saturated heterocycles. The lowest BCUT2D eigenvalue weighted by Gasteiger charge is -2.22. The lowest BCUT2D eigenvalue weighted by molar-refractivity contribution is -0.130. The first-order chi connectivity index (χ1) is 17.0. The maximum atomic E-state index is 13.3. The maximum absolute atomic E-state index is 13.3. The summed E-state index contributed by atoms with van der Waals surface area (Å²) in [4.78, 5) is 34.0. The number of aromatic nitrogens is 3. The van der Waals surface area contributed by atoms with Gasteiger partial charge in [0.25, 0.3) is 5.91 Å². The van der Waals surface area contributed by atoms with E-state index in [-0.39, 0.29) is 22.9 Å². The zero-order valence-electron chi connectivity index (χ0n) is 19.3. The number of benzene rings is 2. The summed E-state index contributed by atoms with van der Waals surface area (Å²) in [5, 5.41) is 6.52. The first kappa shape index (κ1) is 22.8. The van der Waals surface area contributed by atoms with E-state index in [1.54, 1.807) is 36.5 Å². The molecule has 3 heterocycles. The van der Waals surface area contributed by atoms with E-state index in [9.17, 15) is 9.59 Å². The van der Waals surface area contributed by atoms with Gasteiger partial charge in [-0.3, -0.25) is 9.20 Å². The van der Waals surface area contributed by atoms with Gasteiger partial charge in [-0.05, 0) is 54.4 Å². The number of hydrogen-bond acceptors (Lipinski definition) is 7. The molecule has 4 aromatic rings. The van der Waals surface area contributed by atoms with E-state index in [4.69, 9.17) is 9.84 Å². The van der Waals surface area contributed by atoms with Gasteiger partial charge in [0, 0.05) is 12.6 Å². The van der Waals surface area contributed by atoms with E-state index in [0.717, 1.165) is 39.9 Å². The Bertz CT molecular complexity index is 1470. The van der Waals surface area contributed by atoms with Crippen LogP contribution in [0.25, 0.3) is 5.65 Å². The van der Waals surface area contributed by atoms with Crippen molar-refractivity contribution in [1.82, 2.24) is 19.4 Å². The van der Waals surface area contributed by atoms with Crippen LogP contribution in [0.1, 0.15) is 29.2 Å². The van der Waals surface area contributed by atoms with E-state index >= 15 is 0 Å². The number of aryl methyl sites for hydroxylation is 1. The highest BCUT2D eigenvalue weighted by Crippen LogP contribution is 2.34. The molecule has 0 radical (unpaired) electrons. The number of hydrogen-bond donors (Lipinski definition) is 0. The molecule has 176 valence electrons. The molecule has 2 aromatic carbocycles. The van der Waals surface area contributed by atoms with Crippen LogP contribution in [0.4, 0.5) is 0 Å². The van der Waals surface area contributed by atoms with Crippen molar-refractivity contribution in [2.75, 3.05) is 12.9 Å². The van der Waals surface area contributed by atoms with Gasteiger partial charge in [0.2, 0.25) is 0 Å². The van der Waals surface area contributed by atoms with Gasteiger partial charge in [-0.25, -0.2) is 14.8 Å². The second-order valence-electron chi connectivity index (χ2n) is 8.15. The minimum absolute atomic E-state index is 0.0597. The van der Waals surface area contributed by atoms with Crippen LogP contribution in [-0.4, -0.2) is 43.9 Å². The Morgan fingerprint density at radius 1 is 1.06 bits per heavy atom. The molecule has 2 aromatic heterocycles. The van der Waals surface area contributed by atoms with Crippen molar-refractivity contribution in [3.8, 4) is 5.75 Å². The van der Waals surface area contributed by atoms with Crippen LogP contribution in [0, 0.1) is 6.92 Å². The van der Waals surface area contributed by atoms with E-state index in [2.05, 4.69) is 9.97 Å². The van der Waals surface area contributed by atoms with Gasteiger partial charge in [-0.1, -0.05) is 47.7 Å². The minimum Gasteiger partial charge on any atom is -0.497 e. The number of fused-ring (bicyclic) bond motifs is 1. The lowest BCUT2D eigenvalue weighted by atomic mass is 9.97. The standard InChI is InChI=1S/C26H23N5O3S/c1-17-6-8-19(9-7-17)22-15-21(18-10-12-20(34-2)13-11-18)29-31(22)24(32)16-35-25-27-23-5-3-4-14-30(23)26(33)28-25/h3-14,22H,15-16H2,1-2H3. The molecule has 0 aliphatic carbocycles. The average molecular weight is 486 g/mol. The third kappa shape index (κ3) is 4.81. The van der Waals surface area contributed by atoms with Gasteiger partial charge in [0.15, 0.2) is 5.16 Å². The summed E-state index contributed by atoms with van der Waals surface area (Å²) < 4.78 is 6.63.